The SMILES string of the molecule is CCOC(=O)N1CCC(NC(N)=NCc2ncc(C(C)(C)C)o2)CC1.I. The summed E-state index contributed by atoms with van der Waals surface area (Å²) in [6, 6.07) is 0.198. The number of ether oxygens (including phenoxy) is 1. The number of hydrogen-bond acceptors (Lipinski definition) is 5. The molecule has 0 atom stereocenters. The monoisotopic (exact) mass is 479 g/mol. The predicted molar refractivity (Wildman–Crippen MR) is 111 cm³/mol. The number of hydrogen-bond donors (Lipinski definition) is 2. The summed E-state index contributed by atoms with van der Waals surface area (Å²) >= 11 is 0. The summed E-state index contributed by atoms with van der Waals surface area (Å²) in [6.45, 7) is 10.0. The molecule has 0 unspecified atom stereocenters. The van der Waals surface area contributed by atoms with Crippen LogP contribution in [0.4, 0.5) is 4.79 Å². The smallest absolute Gasteiger partial charge is 0.409 e. The van der Waals surface area contributed by atoms with Crippen LogP contribution in [0, 0.1) is 0 Å². The Morgan fingerprint density at radius 2 is 2.12 bits per heavy atom. The number of nitrogens with zero attached hydrogens (tertiary/aromatic N) is 3. The maximum Gasteiger partial charge on any atom is 0.409 e. The third kappa shape index (κ3) is 6.65. The second-order valence-corrected chi connectivity index (χ2v) is 7.17. The van der Waals surface area contributed by atoms with Gasteiger partial charge in [-0.1, -0.05) is 20.8 Å². The zero-order chi connectivity index (χ0) is 18.4. The van der Waals surface area contributed by atoms with Crippen LogP contribution in [0.2, 0.25) is 0 Å². The number of carbonyl (C=O) groups excluding carboxylic acids is 1. The number of oxazole rings is 1. The molecule has 1 saturated heterocycles. The Kier molecular flexibility index (Phi) is 8.65. The molecule has 1 aromatic rings. The van der Waals surface area contributed by atoms with Crippen molar-refractivity contribution in [3.63, 3.8) is 0 Å². The van der Waals surface area contributed by atoms with Crippen LogP contribution in [0.15, 0.2) is 15.6 Å². The van der Waals surface area contributed by atoms with Gasteiger partial charge in [0.2, 0.25) is 5.89 Å². The Hall–Kier alpha value is -1.52. The zero-order valence-electron chi connectivity index (χ0n) is 15.9. The Bertz CT molecular complexity index is 604. The molecule has 0 bridgehead atoms. The van der Waals surface area contributed by atoms with Crippen LogP contribution in [-0.2, 0) is 16.7 Å². The predicted octanol–water partition coefficient (Wildman–Crippen LogP) is 2.62. The topological polar surface area (TPSA) is 106 Å². The van der Waals surface area contributed by atoms with E-state index >= 15 is 0 Å². The van der Waals surface area contributed by atoms with Crippen molar-refractivity contribution < 1.29 is 13.9 Å². The Balaban J connectivity index is 0.00000338. The van der Waals surface area contributed by atoms with Crippen molar-refractivity contribution in [2.45, 2.75) is 58.5 Å². The van der Waals surface area contributed by atoms with E-state index in [0.717, 1.165) is 18.6 Å². The number of carbonyl (C=O) groups is 1. The van der Waals surface area contributed by atoms with Gasteiger partial charge in [-0.05, 0) is 19.8 Å². The highest BCUT2D eigenvalue weighted by molar-refractivity contribution is 14.0. The van der Waals surface area contributed by atoms with E-state index in [0.29, 0.717) is 38.1 Å². The van der Waals surface area contributed by atoms with Crippen molar-refractivity contribution in [3.05, 3.63) is 17.8 Å². The normalized spacial score (nSPS) is 16.2. The van der Waals surface area contributed by atoms with Gasteiger partial charge < -0.3 is 25.1 Å². The summed E-state index contributed by atoms with van der Waals surface area (Å²) in [5.74, 6) is 1.74. The van der Waals surface area contributed by atoms with Gasteiger partial charge in [0, 0.05) is 24.5 Å². The second kappa shape index (κ2) is 9.98. The van der Waals surface area contributed by atoms with Gasteiger partial charge in [0.15, 0.2) is 5.96 Å². The molecule has 8 nitrogen and oxygen atoms in total. The van der Waals surface area contributed by atoms with Crippen LogP contribution < -0.4 is 11.1 Å². The molecule has 0 aliphatic carbocycles. The molecule has 1 amide bonds. The van der Waals surface area contributed by atoms with Crippen LogP contribution >= 0.6 is 24.0 Å². The summed E-state index contributed by atoms with van der Waals surface area (Å²) in [6.07, 6.45) is 3.10. The Labute approximate surface area is 172 Å². The van der Waals surface area contributed by atoms with Gasteiger partial charge in [-0.2, -0.15) is 0 Å². The maximum absolute atomic E-state index is 11.7. The first-order chi connectivity index (χ1) is 11.8. The van der Waals surface area contributed by atoms with E-state index < -0.39 is 0 Å². The number of aromatic nitrogens is 1. The number of halogens is 1. The molecule has 0 aromatic carbocycles. The van der Waals surface area contributed by atoms with Gasteiger partial charge >= 0.3 is 6.09 Å². The number of aliphatic imine (C=N–C) groups is 1. The molecule has 1 aromatic heterocycles. The molecule has 0 spiro atoms. The highest BCUT2D eigenvalue weighted by Gasteiger charge is 2.24. The van der Waals surface area contributed by atoms with Crippen molar-refractivity contribution >= 4 is 36.0 Å². The summed E-state index contributed by atoms with van der Waals surface area (Å²) in [4.78, 5) is 21.9. The van der Waals surface area contributed by atoms with Gasteiger partial charge in [-0.3, -0.25) is 0 Å². The number of piperidine rings is 1. The average molecular weight is 479 g/mol. The molecular weight excluding hydrogens is 449 g/mol. The first-order valence-electron chi connectivity index (χ1n) is 8.73. The number of nitrogens with one attached hydrogen (secondary N) is 1. The second-order valence-electron chi connectivity index (χ2n) is 7.17. The van der Waals surface area contributed by atoms with Crippen molar-refractivity contribution in [3.8, 4) is 0 Å². The minimum absolute atomic E-state index is 0. The first-order valence-corrected chi connectivity index (χ1v) is 8.73. The summed E-state index contributed by atoms with van der Waals surface area (Å²) in [7, 11) is 0. The third-order valence-corrected chi connectivity index (χ3v) is 4.05. The summed E-state index contributed by atoms with van der Waals surface area (Å²) in [5, 5.41) is 3.20. The highest BCUT2D eigenvalue weighted by Crippen LogP contribution is 2.22. The Morgan fingerprint density at radius 1 is 1.46 bits per heavy atom. The van der Waals surface area contributed by atoms with Gasteiger partial charge in [0.1, 0.15) is 12.3 Å². The molecule has 148 valence electrons. The van der Waals surface area contributed by atoms with Gasteiger partial charge in [-0.15, -0.1) is 24.0 Å². The molecule has 26 heavy (non-hydrogen) atoms. The van der Waals surface area contributed by atoms with Crippen LogP contribution in [0.5, 0.6) is 0 Å². The average Bonchev–Trinajstić information content (AvgIpc) is 3.03. The van der Waals surface area contributed by atoms with E-state index in [4.69, 9.17) is 14.9 Å². The van der Waals surface area contributed by atoms with Crippen molar-refractivity contribution in [1.82, 2.24) is 15.2 Å². The fourth-order valence-corrected chi connectivity index (χ4v) is 2.56. The molecule has 0 radical (unpaired) electrons. The number of nitrogens with two attached hydrogens (primary N) is 1. The van der Waals surface area contributed by atoms with E-state index in [1.807, 2.05) is 6.92 Å². The van der Waals surface area contributed by atoms with Crippen LogP contribution in [-0.4, -0.2) is 47.7 Å². The fourth-order valence-electron chi connectivity index (χ4n) is 2.56. The van der Waals surface area contributed by atoms with Crippen LogP contribution in [0.1, 0.15) is 52.2 Å². The molecule has 1 aliphatic rings. The lowest BCUT2D eigenvalue weighted by Crippen LogP contribution is -2.48. The molecule has 1 aliphatic heterocycles. The minimum Gasteiger partial charge on any atom is -0.450 e. The quantitative estimate of drug-likeness (QED) is 0.391. The van der Waals surface area contributed by atoms with Crippen molar-refractivity contribution in [2.75, 3.05) is 19.7 Å². The standard InChI is InChI=1S/C17H29N5O3.HI/c1-5-24-16(23)22-8-6-12(7-9-22)21-15(18)20-11-14-19-10-13(25-14)17(2,3)4;/h10,12H,5-9,11H2,1-4H3,(H3,18,20,21);1H. The number of guanidine groups is 1. The van der Waals surface area contributed by atoms with Crippen molar-refractivity contribution in [2.24, 2.45) is 10.7 Å². The highest BCUT2D eigenvalue weighted by atomic mass is 127. The third-order valence-electron chi connectivity index (χ3n) is 4.05. The molecule has 2 rings (SSSR count). The molecule has 2 heterocycles. The zero-order valence-corrected chi connectivity index (χ0v) is 18.3. The van der Waals surface area contributed by atoms with E-state index in [1.165, 1.54) is 0 Å². The van der Waals surface area contributed by atoms with E-state index in [9.17, 15) is 4.79 Å². The molecule has 1 fully saturated rings. The lowest BCUT2D eigenvalue weighted by molar-refractivity contribution is 0.0963. The molecule has 3 N–H and O–H groups in total. The maximum atomic E-state index is 11.7. The molecular formula is C17H30IN5O3. The number of rotatable bonds is 4. The van der Waals surface area contributed by atoms with E-state index in [1.54, 1.807) is 11.1 Å². The lowest BCUT2D eigenvalue weighted by atomic mass is 9.94. The van der Waals surface area contributed by atoms with Crippen molar-refractivity contribution in [1.29, 1.82) is 0 Å². The largest absolute Gasteiger partial charge is 0.450 e. The number of amides is 1. The molecule has 9 heteroatoms. The van der Waals surface area contributed by atoms with E-state index in [-0.39, 0.29) is 41.5 Å². The first kappa shape index (κ1) is 22.5. The van der Waals surface area contributed by atoms with E-state index in [2.05, 4.69) is 36.1 Å². The van der Waals surface area contributed by atoms with Gasteiger partial charge in [-0.25, -0.2) is 14.8 Å². The fraction of sp³-hybridized carbons (Fsp3) is 0.706. The minimum atomic E-state index is -0.249. The Morgan fingerprint density at radius 3 is 2.65 bits per heavy atom. The lowest BCUT2D eigenvalue weighted by Gasteiger charge is -2.31. The summed E-state index contributed by atoms with van der Waals surface area (Å²) in [5.41, 5.74) is 5.87. The van der Waals surface area contributed by atoms with Crippen LogP contribution in [0.3, 0.4) is 0 Å². The summed E-state index contributed by atoms with van der Waals surface area (Å²) < 4.78 is 10.7. The van der Waals surface area contributed by atoms with Gasteiger partial charge in [0.05, 0.1) is 12.8 Å². The molecule has 0 saturated carbocycles. The van der Waals surface area contributed by atoms with Gasteiger partial charge in [0.25, 0.3) is 0 Å². The van der Waals surface area contributed by atoms with Crippen LogP contribution in [0.25, 0.3) is 0 Å². The number of likely N-dealkylation sites (tertiary alicyclic amines) is 1.